The molecule has 0 atom stereocenters. The molecule has 7 nitrogen and oxygen atoms in total. The zero-order chi connectivity index (χ0) is 18.4. The second-order valence-electron chi connectivity index (χ2n) is 5.93. The third-order valence-corrected chi connectivity index (χ3v) is 5.47. The molecular weight excluding hydrogens is 342 g/mol. The van der Waals surface area contributed by atoms with Crippen LogP contribution in [-0.2, 0) is 21.4 Å². The minimum Gasteiger partial charge on any atom is -0.468 e. The van der Waals surface area contributed by atoms with Crippen molar-refractivity contribution in [2.45, 2.75) is 17.9 Å². The van der Waals surface area contributed by atoms with Gasteiger partial charge in [0.2, 0.25) is 15.9 Å². The SMILES string of the molecule is CN(CCC(=O)Nc1ccc(S(=O)(=O)N(C)C)cc1)Cc1ccco1. The lowest BCUT2D eigenvalue weighted by Crippen LogP contribution is -2.24. The van der Waals surface area contributed by atoms with Gasteiger partial charge in [0.1, 0.15) is 5.76 Å². The number of amides is 1. The van der Waals surface area contributed by atoms with Crippen LogP contribution < -0.4 is 5.32 Å². The van der Waals surface area contributed by atoms with E-state index in [9.17, 15) is 13.2 Å². The van der Waals surface area contributed by atoms with Gasteiger partial charge in [0.05, 0.1) is 17.7 Å². The number of anilines is 1. The van der Waals surface area contributed by atoms with Crippen molar-refractivity contribution in [3.63, 3.8) is 0 Å². The van der Waals surface area contributed by atoms with E-state index in [2.05, 4.69) is 5.32 Å². The first kappa shape index (κ1) is 19.2. The maximum atomic E-state index is 12.0. The lowest BCUT2D eigenvalue weighted by molar-refractivity contribution is -0.116. The number of hydrogen-bond acceptors (Lipinski definition) is 5. The van der Waals surface area contributed by atoms with Crippen molar-refractivity contribution in [1.29, 1.82) is 0 Å². The highest BCUT2D eigenvalue weighted by molar-refractivity contribution is 7.89. The molecule has 1 amide bonds. The smallest absolute Gasteiger partial charge is 0.242 e. The summed E-state index contributed by atoms with van der Waals surface area (Å²) in [6, 6.07) is 9.85. The molecule has 0 unspecified atom stereocenters. The number of furan rings is 1. The highest BCUT2D eigenvalue weighted by Gasteiger charge is 2.16. The Labute approximate surface area is 148 Å². The first-order valence-electron chi connectivity index (χ1n) is 7.82. The molecule has 0 saturated carbocycles. The Morgan fingerprint density at radius 1 is 1.12 bits per heavy atom. The van der Waals surface area contributed by atoms with E-state index in [1.165, 1.54) is 26.2 Å². The molecule has 2 rings (SSSR count). The van der Waals surface area contributed by atoms with Crippen LogP contribution in [0.3, 0.4) is 0 Å². The molecule has 136 valence electrons. The average molecular weight is 365 g/mol. The van der Waals surface area contributed by atoms with E-state index >= 15 is 0 Å². The largest absolute Gasteiger partial charge is 0.468 e. The van der Waals surface area contributed by atoms with Crippen LogP contribution in [0.25, 0.3) is 0 Å². The van der Waals surface area contributed by atoms with Crippen molar-refractivity contribution < 1.29 is 17.6 Å². The van der Waals surface area contributed by atoms with Crippen molar-refractivity contribution in [3.05, 3.63) is 48.4 Å². The normalized spacial score (nSPS) is 11.9. The molecule has 1 aromatic heterocycles. The lowest BCUT2D eigenvalue weighted by Gasteiger charge is -2.15. The van der Waals surface area contributed by atoms with Crippen LogP contribution in [0.15, 0.2) is 52.0 Å². The van der Waals surface area contributed by atoms with Gasteiger partial charge in [0, 0.05) is 32.7 Å². The van der Waals surface area contributed by atoms with Crippen LogP contribution in [0.1, 0.15) is 12.2 Å². The fourth-order valence-corrected chi connectivity index (χ4v) is 3.09. The summed E-state index contributed by atoms with van der Waals surface area (Å²) in [5.74, 6) is 0.718. The molecule has 0 aliphatic heterocycles. The Hall–Kier alpha value is -2.16. The highest BCUT2D eigenvalue weighted by Crippen LogP contribution is 2.16. The zero-order valence-corrected chi connectivity index (χ0v) is 15.4. The van der Waals surface area contributed by atoms with Crippen molar-refractivity contribution >= 4 is 21.6 Å². The number of benzene rings is 1. The summed E-state index contributed by atoms with van der Waals surface area (Å²) in [5.41, 5.74) is 0.566. The fraction of sp³-hybridized carbons (Fsp3) is 0.353. The van der Waals surface area contributed by atoms with Crippen LogP contribution in [0.2, 0.25) is 0 Å². The number of nitrogens with zero attached hydrogens (tertiary/aromatic N) is 2. The quantitative estimate of drug-likeness (QED) is 0.773. The number of carbonyl (C=O) groups excluding carboxylic acids is 1. The predicted molar refractivity (Wildman–Crippen MR) is 95.6 cm³/mol. The van der Waals surface area contributed by atoms with Gasteiger partial charge in [0.25, 0.3) is 0 Å². The average Bonchev–Trinajstić information content (AvgIpc) is 3.06. The molecule has 1 N–H and O–H groups in total. The molecule has 0 spiro atoms. The van der Waals surface area contributed by atoms with E-state index < -0.39 is 10.0 Å². The summed E-state index contributed by atoms with van der Waals surface area (Å²) in [6.45, 7) is 1.22. The standard InChI is InChI=1S/C17H23N3O4S/c1-19(2)25(22,23)16-8-6-14(7-9-16)18-17(21)10-11-20(3)13-15-5-4-12-24-15/h4-9,12H,10-11,13H2,1-3H3,(H,18,21). The molecule has 8 heteroatoms. The van der Waals surface area contributed by atoms with Crippen LogP contribution in [0.5, 0.6) is 0 Å². The Balaban J connectivity index is 1.84. The maximum Gasteiger partial charge on any atom is 0.242 e. The van der Waals surface area contributed by atoms with E-state index in [4.69, 9.17) is 4.42 Å². The lowest BCUT2D eigenvalue weighted by atomic mass is 10.3. The number of sulfonamides is 1. The number of rotatable bonds is 8. The van der Waals surface area contributed by atoms with Gasteiger partial charge in [-0.1, -0.05) is 0 Å². The highest BCUT2D eigenvalue weighted by atomic mass is 32.2. The summed E-state index contributed by atoms with van der Waals surface area (Å²) in [6.07, 6.45) is 1.95. The predicted octanol–water partition coefficient (Wildman–Crippen LogP) is 1.99. The Morgan fingerprint density at radius 3 is 2.36 bits per heavy atom. The molecular formula is C17H23N3O4S. The number of hydrogen-bond donors (Lipinski definition) is 1. The molecule has 0 aliphatic rings. The molecule has 2 aromatic rings. The molecule has 25 heavy (non-hydrogen) atoms. The topological polar surface area (TPSA) is 82.9 Å². The third-order valence-electron chi connectivity index (χ3n) is 3.64. The first-order valence-corrected chi connectivity index (χ1v) is 9.26. The van der Waals surface area contributed by atoms with Gasteiger partial charge in [-0.3, -0.25) is 9.69 Å². The summed E-state index contributed by atoms with van der Waals surface area (Å²) in [4.78, 5) is 14.2. The van der Waals surface area contributed by atoms with Gasteiger partial charge in [-0.15, -0.1) is 0 Å². The monoisotopic (exact) mass is 365 g/mol. The molecule has 0 saturated heterocycles. The fourth-order valence-electron chi connectivity index (χ4n) is 2.18. The Bertz CT molecular complexity index is 784. The molecule has 1 aromatic carbocycles. The van der Waals surface area contributed by atoms with E-state index in [1.807, 2.05) is 24.1 Å². The van der Waals surface area contributed by atoms with Crippen LogP contribution in [0, 0.1) is 0 Å². The third kappa shape index (κ3) is 5.42. The number of nitrogens with one attached hydrogen (secondary N) is 1. The second-order valence-corrected chi connectivity index (χ2v) is 8.08. The summed E-state index contributed by atoms with van der Waals surface area (Å²) in [5, 5.41) is 2.77. The Kier molecular flexibility index (Phi) is 6.35. The van der Waals surface area contributed by atoms with Crippen molar-refractivity contribution in [2.24, 2.45) is 0 Å². The van der Waals surface area contributed by atoms with E-state index in [0.29, 0.717) is 25.2 Å². The maximum absolute atomic E-state index is 12.0. The van der Waals surface area contributed by atoms with Crippen molar-refractivity contribution in [3.8, 4) is 0 Å². The van der Waals surface area contributed by atoms with Gasteiger partial charge in [-0.05, 0) is 43.4 Å². The second kappa shape index (κ2) is 8.28. The van der Waals surface area contributed by atoms with Gasteiger partial charge in [0.15, 0.2) is 0 Å². The van der Waals surface area contributed by atoms with Crippen molar-refractivity contribution in [1.82, 2.24) is 9.21 Å². The molecule has 0 fully saturated rings. The van der Waals surface area contributed by atoms with E-state index in [1.54, 1.807) is 18.4 Å². The molecule has 0 radical (unpaired) electrons. The molecule has 0 aliphatic carbocycles. The molecule has 0 bridgehead atoms. The van der Waals surface area contributed by atoms with E-state index in [0.717, 1.165) is 10.1 Å². The minimum absolute atomic E-state index is 0.130. The summed E-state index contributed by atoms with van der Waals surface area (Å²) >= 11 is 0. The van der Waals surface area contributed by atoms with Crippen LogP contribution >= 0.6 is 0 Å². The number of carbonyl (C=O) groups is 1. The summed E-state index contributed by atoms with van der Waals surface area (Å²) in [7, 11) is 1.40. The van der Waals surface area contributed by atoms with Crippen molar-refractivity contribution in [2.75, 3.05) is 33.0 Å². The Morgan fingerprint density at radius 2 is 1.80 bits per heavy atom. The van der Waals surface area contributed by atoms with Gasteiger partial charge in [-0.2, -0.15) is 0 Å². The van der Waals surface area contributed by atoms with Crippen LogP contribution in [-0.4, -0.2) is 51.2 Å². The zero-order valence-electron chi connectivity index (χ0n) is 14.6. The first-order chi connectivity index (χ1) is 11.8. The van der Waals surface area contributed by atoms with Gasteiger partial charge < -0.3 is 9.73 Å². The molecule has 1 heterocycles. The summed E-state index contributed by atoms with van der Waals surface area (Å²) < 4.78 is 30.4. The van der Waals surface area contributed by atoms with Crippen LogP contribution in [0.4, 0.5) is 5.69 Å². The van der Waals surface area contributed by atoms with E-state index in [-0.39, 0.29) is 10.8 Å². The van der Waals surface area contributed by atoms with Gasteiger partial charge >= 0.3 is 0 Å². The van der Waals surface area contributed by atoms with Gasteiger partial charge in [-0.25, -0.2) is 12.7 Å². The minimum atomic E-state index is -3.46.